The highest BCUT2D eigenvalue weighted by Crippen LogP contribution is 2.28. The van der Waals surface area contributed by atoms with Crippen LogP contribution in [0.3, 0.4) is 0 Å². The first-order valence-corrected chi connectivity index (χ1v) is 7.16. The van der Waals surface area contributed by atoms with Crippen LogP contribution in [0.1, 0.15) is 5.56 Å². The molecule has 3 aromatic rings. The molecule has 0 unspecified atom stereocenters. The molecule has 0 bridgehead atoms. The van der Waals surface area contributed by atoms with Crippen molar-refractivity contribution in [1.29, 1.82) is 0 Å². The van der Waals surface area contributed by atoms with E-state index in [0.29, 0.717) is 16.7 Å². The van der Waals surface area contributed by atoms with Gasteiger partial charge in [-0.05, 0) is 35.2 Å². The number of H-pyrrole nitrogens is 1. The highest BCUT2D eigenvalue weighted by atomic mass is 79.9. The minimum Gasteiger partial charge on any atom is -0.375 e. The molecule has 0 fully saturated rings. The molecule has 0 spiro atoms. The third kappa shape index (κ3) is 2.90. The number of hydrogen-bond acceptors (Lipinski definition) is 3. The van der Waals surface area contributed by atoms with Crippen LogP contribution in [0.15, 0.2) is 53.1 Å². The Morgan fingerprint density at radius 1 is 1.19 bits per heavy atom. The summed E-state index contributed by atoms with van der Waals surface area (Å²) in [4.78, 5) is 13.8. The molecule has 0 aliphatic heterocycles. The Balaban J connectivity index is 1.82. The largest absolute Gasteiger partial charge is 0.375 e. The second-order valence-electron chi connectivity index (χ2n) is 4.67. The summed E-state index contributed by atoms with van der Waals surface area (Å²) in [5, 5.41) is 15.3. The summed E-state index contributed by atoms with van der Waals surface area (Å²) in [5.41, 5.74) is 2.68. The van der Waals surface area contributed by atoms with Crippen molar-refractivity contribution in [1.82, 2.24) is 4.98 Å². The summed E-state index contributed by atoms with van der Waals surface area (Å²) in [6, 6.07) is 13.1. The fraction of sp³-hybridized carbons (Fsp3) is 0.0667. The number of hydrogen-bond donors (Lipinski definition) is 2. The number of nitro benzene ring substituents is 1. The molecule has 21 heavy (non-hydrogen) atoms. The number of aromatic nitrogens is 1. The zero-order chi connectivity index (χ0) is 14.8. The van der Waals surface area contributed by atoms with E-state index in [1.165, 1.54) is 6.07 Å². The molecule has 0 amide bonds. The van der Waals surface area contributed by atoms with Gasteiger partial charge in [-0.3, -0.25) is 10.1 Å². The summed E-state index contributed by atoms with van der Waals surface area (Å²) in [7, 11) is 0. The van der Waals surface area contributed by atoms with Crippen molar-refractivity contribution in [2.24, 2.45) is 0 Å². The average molecular weight is 346 g/mol. The van der Waals surface area contributed by atoms with Crippen molar-refractivity contribution in [3.8, 4) is 0 Å². The maximum atomic E-state index is 11.1. The van der Waals surface area contributed by atoms with Gasteiger partial charge < -0.3 is 10.3 Å². The molecular weight excluding hydrogens is 334 g/mol. The zero-order valence-electron chi connectivity index (χ0n) is 11.0. The van der Waals surface area contributed by atoms with Crippen molar-refractivity contribution in [3.05, 3.63) is 68.8 Å². The Kier molecular flexibility index (Phi) is 3.62. The van der Waals surface area contributed by atoms with Crippen LogP contribution in [0.5, 0.6) is 0 Å². The molecule has 2 aromatic carbocycles. The van der Waals surface area contributed by atoms with Gasteiger partial charge in [-0.2, -0.15) is 0 Å². The van der Waals surface area contributed by atoms with Gasteiger partial charge in [-0.1, -0.05) is 28.1 Å². The summed E-state index contributed by atoms with van der Waals surface area (Å²) in [6.45, 7) is 0.525. The number of anilines is 1. The molecule has 3 rings (SSSR count). The molecule has 0 saturated carbocycles. The number of aromatic amines is 1. The first-order valence-electron chi connectivity index (χ1n) is 6.37. The zero-order valence-corrected chi connectivity index (χ0v) is 12.6. The van der Waals surface area contributed by atoms with E-state index in [0.717, 1.165) is 16.5 Å². The van der Waals surface area contributed by atoms with E-state index in [4.69, 9.17) is 0 Å². The van der Waals surface area contributed by atoms with E-state index in [-0.39, 0.29) is 10.6 Å². The minimum atomic E-state index is -0.388. The Hall–Kier alpha value is -2.34. The molecule has 6 heteroatoms. The van der Waals surface area contributed by atoms with Crippen LogP contribution in [0.25, 0.3) is 10.9 Å². The van der Waals surface area contributed by atoms with E-state index in [2.05, 4.69) is 26.2 Å². The summed E-state index contributed by atoms with van der Waals surface area (Å²) < 4.78 is 0.688. The van der Waals surface area contributed by atoms with Gasteiger partial charge in [0, 0.05) is 28.8 Å². The smallest absolute Gasteiger partial charge is 0.293 e. The summed E-state index contributed by atoms with van der Waals surface area (Å²) in [5.74, 6) is 0. The van der Waals surface area contributed by atoms with Gasteiger partial charge in [0.1, 0.15) is 5.69 Å². The molecule has 0 saturated heterocycles. The lowest BCUT2D eigenvalue weighted by molar-refractivity contribution is -0.384. The van der Waals surface area contributed by atoms with Crippen molar-refractivity contribution >= 4 is 38.2 Å². The summed E-state index contributed by atoms with van der Waals surface area (Å²) >= 11 is 3.25. The van der Waals surface area contributed by atoms with Crippen LogP contribution in [0, 0.1) is 10.1 Å². The molecule has 0 aliphatic carbocycles. The minimum absolute atomic E-state index is 0.0605. The molecular formula is C15H12BrN3O2. The van der Waals surface area contributed by atoms with Crippen LogP contribution in [0.4, 0.5) is 11.4 Å². The number of nitro groups is 1. The Morgan fingerprint density at radius 2 is 2.05 bits per heavy atom. The quantitative estimate of drug-likeness (QED) is 0.542. The molecule has 0 atom stereocenters. The maximum Gasteiger partial charge on any atom is 0.293 e. The monoisotopic (exact) mass is 345 g/mol. The fourth-order valence-electron chi connectivity index (χ4n) is 2.21. The highest BCUT2D eigenvalue weighted by molar-refractivity contribution is 9.10. The number of nitrogens with one attached hydrogen (secondary N) is 2. The third-order valence-corrected chi connectivity index (χ3v) is 3.75. The number of nitrogens with zero attached hydrogens (tertiary/aromatic N) is 1. The lowest BCUT2D eigenvalue weighted by Crippen LogP contribution is -2.02. The second kappa shape index (κ2) is 5.57. The second-order valence-corrected chi connectivity index (χ2v) is 5.59. The van der Waals surface area contributed by atoms with E-state index >= 15 is 0 Å². The first-order chi connectivity index (χ1) is 10.1. The Morgan fingerprint density at radius 3 is 2.86 bits per heavy atom. The molecule has 106 valence electrons. The van der Waals surface area contributed by atoms with Crippen LogP contribution in [-0.4, -0.2) is 9.91 Å². The van der Waals surface area contributed by atoms with Crippen molar-refractivity contribution in [3.63, 3.8) is 0 Å². The van der Waals surface area contributed by atoms with Gasteiger partial charge >= 0.3 is 0 Å². The van der Waals surface area contributed by atoms with E-state index in [1.807, 2.05) is 30.5 Å². The number of fused-ring (bicyclic) bond motifs is 1. The number of rotatable bonds is 4. The highest BCUT2D eigenvalue weighted by Gasteiger charge is 2.13. The lowest BCUT2D eigenvalue weighted by Gasteiger charge is -2.08. The van der Waals surface area contributed by atoms with Crippen LogP contribution in [-0.2, 0) is 6.54 Å². The summed E-state index contributed by atoms with van der Waals surface area (Å²) in [6.07, 6.45) is 1.89. The van der Waals surface area contributed by atoms with Crippen molar-refractivity contribution in [2.45, 2.75) is 6.54 Å². The van der Waals surface area contributed by atoms with Crippen molar-refractivity contribution < 1.29 is 4.92 Å². The van der Waals surface area contributed by atoms with Gasteiger partial charge in [0.25, 0.3) is 5.69 Å². The van der Waals surface area contributed by atoms with Crippen LogP contribution in [0.2, 0.25) is 0 Å². The van der Waals surface area contributed by atoms with Crippen LogP contribution >= 0.6 is 15.9 Å². The molecule has 5 nitrogen and oxygen atoms in total. The van der Waals surface area contributed by atoms with Gasteiger partial charge in [0.15, 0.2) is 0 Å². The normalized spacial score (nSPS) is 10.7. The van der Waals surface area contributed by atoms with Gasteiger partial charge in [-0.25, -0.2) is 0 Å². The molecule has 0 aliphatic rings. The van der Waals surface area contributed by atoms with E-state index in [1.54, 1.807) is 12.1 Å². The van der Waals surface area contributed by atoms with Gasteiger partial charge in [-0.15, -0.1) is 0 Å². The maximum absolute atomic E-state index is 11.1. The van der Waals surface area contributed by atoms with E-state index in [9.17, 15) is 10.1 Å². The standard InChI is InChI=1S/C15H12BrN3O2/c16-12-3-4-13(15(8-12)19(20)21)18-9-10-1-2-11-5-6-17-14(11)7-10/h1-8,17-18H,9H2. The molecule has 1 aromatic heterocycles. The SMILES string of the molecule is O=[N+]([O-])c1cc(Br)ccc1NCc1ccc2cc[nH]c2c1. The number of halogens is 1. The number of benzene rings is 2. The van der Waals surface area contributed by atoms with Gasteiger partial charge in [0.2, 0.25) is 0 Å². The Labute approximate surface area is 129 Å². The Bertz CT molecular complexity index is 814. The predicted molar refractivity (Wildman–Crippen MR) is 86.4 cm³/mol. The van der Waals surface area contributed by atoms with Crippen LogP contribution < -0.4 is 5.32 Å². The van der Waals surface area contributed by atoms with Crippen molar-refractivity contribution in [2.75, 3.05) is 5.32 Å². The molecule has 2 N–H and O–H groups in total. The van der Waals surface area contributed by atoms with E-state index < -0.39 is 0 Å². The molecule has 0 radical (unpaired) electrons. The van der Waals surface area contributed by atoms with Gasteiger partial charge in [0.05, 0.1) is 4.92 Å². The predicted octanol–water partition coefficient (Wildman–Crippen LogP) is 4.45. The molecule has 1 heterocycles. The fourth-order valence-corrected chi connectivity index (χ4v) is 2.56. The topological polar surface area (TPSA) is 71.0 Å². The lowest BCUT2D eigenvalue weighted by atomic mass is 10.1. The average Bonchev–Trinajstić information content (AvgIpc) is 2.93. The first kappa shape index (κ1) is 13.6. The third-order valence-electron chi connectivity index (χ3n) is 3.26.